The van der Waals surface area contributed by atoms with Crippen LogP contribution in [0.25, 0.3) is 0 Å². The Hall–Kier alpha value is -3.02. The lowest BCUT2D eigenvalue weighted by molar-refractivity contribution is 0.0975. The van der Waals surface area contributed by atoms with Gasteiger partial charge < -0.3 is 21.7 Å². The summed E-state index contributed by atoms with van der Waals surface area (Å²) in [5, 5.41) is 19.7. The molecule has 0 unspecified atom stereocenters. The van der Waals surface area contributed by atoms with Crippen LogP contribution in [0.1, 0.15) is 31.8 Å². The van der Waals surface area contributed by atoms with Crippen molar-refractivity contribution in [3.8, 4) is 11.5 Å². The van der Waals surface area contributed by atoms with Gasteiger partial charge in [-0.25, -0.2) is 0 Å². The first-order valence-corrected chi connectivity index (χ1v) is 5.75. The molecule has 0 bridgehead atoms. The van der Waals surface area contributed by atoms with Crippen LogP contribution >= 0.6 is 0 Å². The quantitative estimate of drug-likeness (QED) is 0.274. The van der Waals surface area contributed by atoms with Crippen LogP contribution in [0.15, 0.2) is 24.3 Å². The summed E-state index contributed by atoms with van der Waals surface area (Å²) in [5.74, 6) is -2.03. The summed E-state index contributed by atoms with van der Waals surface area (Å²) in [6.07, 6.45) is 0. The molecule has 0 atom stereocenters. The molecular weight excluding hydrogens is 260 g/mol. The van der Waals surface area contributed by atoms with E-state index in [9.17, 15) is 19.8 Å². The molecule has 0 saturated heterocycles. The number of carbonyl (C=O) groups excluding carboxylic acids is 2. The minimum atomic E-state index is -0.677. The van der Waals surface area contributed by atoms with Crippen molar-refractivity contribution in [2.45, 2.75) is 0 Å². The molecule has 0 fully saturated rings. The molecule has 0 heterocycles. The molecule has 100 valence electrons. The van der Waals surface area contributed by atoms with E-state index >= 15 is 0 Å². The molecule has 0 amide bonds. The van der Waals surface area contributed by atoms with E-state index in [0.29, 0.717) is 0 Å². The van der Waals surface area contributed by atoms with Gasteiger partial charge in [0.1, 0.15) is 5.75 Å². The summed E-state index contributed by atoms with van der Waals surface area (Å²) in [7, 11) is 0. The van der Waals surface area contributed by atoms with Crippen molar-refractivity contribution in [3.63, 3.8) is 0 Å². The van der Waals surface area contributed by atoms with Crippen molar-refractivity contribution in [2.75, 3.05) is 11.5 Å². The lowest BCUT2D eigenvalue weighted by Gasteiger charge is -2.21. The fourth-order valence-corrected chi connectivity index (χ4v) is 2.41. The second kappa shape index (κ2) is 3.74. The number of anilines is 2. The molecule has 6 N–H and O–H groups in total. The summed E-state index contributed by atoms with van der Waals surface area (Å²) in [4.78, 5) is 24.8. The zero-order valence-electron chi connectivity index (χ0n) is 10.2. The van der Waals surface area contributed by atoms with Gasteiger partial charge in [-0.05, 0) is 12.1 Å². The van der Waals surface area contributed by atoms with Gasteiger partial charge in [0.2, 0.25) is 5.78 Å². The van der Waals surface area contributed by atoms with Crippen molar-refractivity contribution in [3.05, 3.63) is 46.5 Å². The van der Waals surface area contributed by atoms with Crippen LogP contribution in [-0.4, -0.2) is 21.8 Å². The number of nitrogens with two attached hydrogens (primary N) is 2. The number of hydrogen-bond donors (Lipinski definition) is 4. The molecule has 0 radical (unpaired) electrons. The predicted molar refractivity (Wildman–Crippen MR) is 71.9 cm³/mol. The summed E-state index contributed by atoms with van der Waals surface area (Å²) in [6.45, 7) is 0. The van der Waals surface area contributed by atoms with E-state index in [1.165, 1.54) is 24.3 Å². The zero-order chi connectivity index (χ0) is 14.6. The van der Waals surface area contributed by atoms with Gasteiger partial charge in [-0.1, -0.05) is 12.1 Å². The zero-order valence-corrected chi connectivity index (χ0v) is 10.2. The van der Waals surface area contributed by atoms with E-state index < -0.39 is 17.3 Å². The molecule has 0 spiro atoms. The van der Waals surface area contributed by atoms with Gasteiger partial charge in [0.15, 0.2) is 11.5 Å². The van der Waals surface area contributed by atoms with E-state index in [4.69, 9.17) is 11.5 Å². The molecule has 20 heavy (non-hydrogen) atoms. The maximum Gasteiger partial charge on any atom is 0.202 e. The Balaban J connectivity index is 2.45. The van der Waals surface area contributed by atoms with Crippen LogP contribution in [0, 0.1) is 0 Å². The molecule has 1 aliphatic carbocycles. The van der Waals surface area contributed by atoms with Gasteiger partial charge in [0, 0.05) is 11.3 Å². The molecule has 0 aromatic heterocycles. The van der Waals surface area contributed by atoms with Crippen LogP contribution in [0.3, 0.4) is 0 Å². The van der Waals surface area contributed by atoms with Crippen LogP contribution in [0.4, 0.5) is 11.4 Å². The summed E-state index contributed by atoms with van der Waals surface area (Å²) in [5.41, 5.74) is 10.8. The predicted octanol–water partition coefficient (Wildman–Crippen LogP) is 1.04. The highest BCUT2D eigenvalue weighted by atomic mass is 16.3. The third-order valence-electron chi connectivity index (χ3n) is 3.33. The van der Waals surface area contributed by atoms with Crippen LogP contribution < -0.4 is 11.5 Å². The number of rotatable bonds is 0. The van der Waals surface area contributed by atoms with Gasteiger partial charge in [0.25, 0.3) is 0 Å². The number of aromatic hydroxyl groups is 2. The van der Waals surface area contributed by atoms with Gasteiger partial charge in [-0.3, -0.25) is 9.59 Å². The highest BCUT2D eigenvalue weighted by Gasteiger charge is 2.36. The SMILES string of the molecule is Nc1cc(N)c2c(c1O)C(=O)c1c(O)cccc1C2=O. The first-order valence-electron chi connectivity index (χ1n) is 5.75. The van der Waals surface area contributed by atoms with E-state index in [-0.39, 0.29) is 39.4 Å². The average molecular weight is 270 g/mol. The number of phenolic OH excluding ortho intramolecular Hbond substituents is 2. The third-order valence-corrected chi connectivity index (χ3v) is 3.33. The minimum Gasteiger partial charge on any atom is -0.507 e. The molecular formula is C14H10N2O4. The third kappa shape index (κ3) is 1.33. The van der Waals surface area contributed by atoms with Crippen LogP contribution in [0.2, 0.25) is 0 Å². The Bertz CT molecular complexity index is 796. The second-order valence-electron chi connectivity index (χ2n) is 4.51. The summed E-state index contributed by atoms with van der Waals surface area (Å²) in [6, 6.07) is 5.40. The Morgan fingerprint density at radius 2 is 1.55 bits per heavy atom. The van der Waals surface area contributed by atoms with E-state index in [1.807, 2.05) is 0 Å². The molecule has 6 nitrogen and oxygen atoms in total. The summed E-state index contributed by atoms with van der Waals surface area (Å²) >= 11 is 0. The van der Waals surface area contributed by atoms with E-state index in [2.05, 4.69) is 0 Å². The van der Waals surface area contributed by atoms with Crippen molar-refractivity contribution in [1.29, 1.82) is 0 Å². The number of phenols is 2. The molecule has 1 aliphatic rings. The number of hydrogen-bond acceptors (Lipinski definition) is 6. The minimum absolute atomic E-state index is 0.0163. The normalized spacial score (nSPS) is 13.0. The van der Waals surface area contributed by atoms with Crippen molar-refractivity contribution in [2.24, 2.45) is 0 Å². The number of nitrogen functional groups attached to an aromatic ring is 2. The van der Waals surface area contributed by atoms with Gasteiger partial charge in [-0.15, -0.1) is 0 Å². The Kier molecular flexibility index (Phi) is 2.25. The van der Waals surface area contributed by atoms with Gasteiger partial charge >= 0.3 is 0 Å². The number of fused-ring (bicyclic) bond motifs is 2. The number of ketones is 2. The standard InChI is InChI=1S/C14H10N2O4/c15-6-4-7(16)13(19)11-10(6)12(18)5-2-1-3-8(17)9(5)14(11)20/h1-4,17,19H,15-16H2. The molecule has 2 aromatic carbocycles. The Labute approximate surface area is 113 Å². The molecule has 6 heteroatoms. The topological polar surface area (TPSA) is 127 Å². The lowest BCUT2D eigenvalue weighted by Crippen LogP contribution is -2.23. The van der Waals surface area contributed by atoms with Crippen molar-refractivity contribution in [1.82, 2.24) is 0 Å². The fourth-order valence-electron chi connectivity index (χ4n) is 2.41. The maximum atomic E-state index is 12.4. The number of benzene rings is 2. The van der Waals surface area contributed by atoms with Crippen LogP contribution in [0.5, 0.6) is 11.5 Å². The van der Waals surface area contributed by atoms with E-state index in [0.717, 1.165) is 0 Å². The smallest absolute Gasteiger partial charge is 0.202 e. The van der Waals surface area contributed by atoms with Gasteiger partial charge in [-0.2, -0.15) is 0 Å². The Morgan fingerprint density at radius 1 is 0.850 bits per heavy atom. The fraction of sp³-hybridized carbons (Fsp3) is 0. The van der Waals surface area contributed by atoms with Crippen molar-refractivity contribution >= 4 is 22.9 Å². The monoisotopic (exact) mass is 270 g/mol. The second-order valence-corrected chi connectivity index (χ2v) is 4.51. The molecule has 3 rings (SSSR count). The highest BCUT2D eigenvalue weighted by molar-refractivity contribution is 6.32. The first kappa shape index (κ1) is 12.0. The lowest BCUT2D eigenvalue weighted by atomic mass is 9.82. The largest absolute Gasteiger partial charge is 0.507 e. The molecule has 0 aliphatic heterocycles. The highest BCUT2D eigenvalue weighted by Crippen LogP contribution is 2.41. The summed E-state index contributed by atoms with van der Waals surface area (Å²) < 4.78 is 0. The molecule has 0 saturated carbocycles. The number of carbonyl (C=O) groups is 2. The van der Waals surface area contributed by atoms with E-state index in [1.54, 1.807) is 0 Å². The first-order chi connectivity index (χ1) is 9.43. The maximum absolute atomic E-state index is 12.4. The van der Waals surface area contributed by atoms with Crippen molar-refractivity contribution < 1.29 is 19.8 Å². The van der Waals surface area contributed by atoms with Gasteiger partial charge in [0.05, 0.1) is 22.4 Å². The Morgan fingerprint density at radius 3 is 2.25 bits per heavy atom. The average Bonchev–Trinajstić information content (AvgIpc) is 2.40. The van der Waals surface area contributed by atoms with Crippen LogP contribution in [-0.2, 0) is 0 Å². The molecule has 2 aromatic rings.